The number of ketones is 1. The fourth-order valence-corrected chi connectivity index (χ4v) is 8.85. The highest BCUT2D eigenvalue weighted by Crippen LogP contribution is 2.36. The number of nitrogens with one attached hydrogen (secondary N) is 1. The zero-order valence-electron chi connectivity index (χ0n) is 42.3. The lowest BCUT2D eigenvalue weighted by Crippen LogP contribution is -2.32. The maximum atomic E-state index is 12.1. The maximum Gasteiger partial charge on any atom is 0.303 e. The summed E-state index contributed by atoms with van der Waals surface area (Å²) in [7, 11) is 6.53. The number of carboxylic acid groups (broad SMARTS) is 1. The molecule has 0 amide bonds. The molecule has 71 heavy (non-hydrogen) atoms. The Morgan fingerprint density at radius 2 is 1.56 bits per heavy atom. The zero-order chi connectivity index (χ0) is 51.1. The highest BCUT2D eigenvalue weighted by Gasteiger charge is 2.39. The van der Waals surface area contributed by atoms with E-state index in [1.54, 1.807) is 46.6 Å². The lowest BCUT2D eigenvalue weighted by atomic mass is 9.88. The summed E-state index contributed by atoms with van der Waals surface area (Å²) in [6.07, 6.45) is 13.2. The third-order valence-corrected chi connectivity index (χ3v) is 12.8. The first-order valence-corrected chi connectivity index (χ1v) is 24.8. The molecule has 4 aromatic carbocycles. The third-order valence-electron chi connectivity index (χ3n) is 12.8. The van der Waals surface area contributed by atoms with E-state index in [4.69, 9.17) is 24.1 Å². The molecule has 7 rings (SSSR count). The molecule has 2 aliphatic rings. The smallest absolute Gasteiger partial charge is 0.303 e. The predicted octanol–water partition coefficient (Wildman–Crippen LogP) is 10.2. The number of hydrogen-bond acceptors (Lipinski definition) is 13. The highest BCUT2D eigenvalue weighted by molar-refractivity contribution is 5.90. The van der Waals surface area contributed by atoms with Gasteiger partial charge in [0.15, 0.2) is 23.0 Å². The van der Waals surface area contributed by atoms with Gasteiger partial charge in [0.2, 0.25) is 0 Å². The van der Waals surface area contributed by atoms with Crippen molar-refractivity contribution >= 4 is 39.7 Å². The number of aliphatic hydroxyl groups is 2. The number of hydrogen-bond donors (Lipinski definition) is 5. The number of nitrogens with zero attached hydrogens (tertiary/aromatic N) is 3. The van der Waals surface area contributed by atoms with Crippen LogP contribution in [0.3, 0.4) is 0 Å². The van der Waals surface area contributed by atoms with Crippen molar-refractivity contribution in [1.29, 1.82) is 0 Å². The fourth-order valence-electron chi connectivity index (χ4n) is 8.85. The topological polar surface area (TPSA) is 192 Å². The average Bonchev–Trinajstić information content (AvgIpc) is 3.99. The first-order valence-electron chi connectivity index (χ1n) is 24.8. The Labute approximate surface area is 419 Å². The lowest BCUT2D eigenvalue weighted by molar-refractivity contribution is -0.137. The van der Waals surface area contributed by atoms with Gasteiger partial charge in [-0.05, 0) is 91.7 Å². The highest BCUT2D eigenvalue weighted by atomic mass is 16.5. The number of aliphatic imine (C=N–C) groups is 1. The van der Waals surface area contributed by atoms with Gasteiger partial charge in [0, 0.05) is 66.7 Å². The van der Waals surface area contributed by atoms with Gasteiger partial charge in [-0.2, -0.15) is 0 Å². The van der Waals surface area contributed by atoms with E-state index < -0.39 is 18.2 Å². The van der Waals surface area contributed by atoms with Gasteiger partial charge >= 0.3 is 5.97 Å². The second kappa shape index (κ2) is 28.9. The van der Waals surface area contributed by atoms with Crippen LogP contribution < -0.4 is 29.2 Å². The Kier molecular flexibility index (Phi) is 22.5. The number of rotatable bonds is 23. The number of aromatic nitrogens is 1. The van der Waals surface area contributed by atoms with Crippen molar-refractivity contribution in [2.24, 2.45) is 16.8 Å². The molecule has 1 aliphatic heterocycles. The normalized spacial score (nSPS) is 16.5. The van der Waals surface area contributed by atoms with E-state index in [1.807, 2.05) is 60.8 Å². The number of aryl methyl sites for hydroxylation is 1. The molecule has 0 radical (unpaired) electrons. The Hall–Kier alpha value is -6.64. The fraction of sp³-hybridized carbons (Fsp3) is 0.439. The first-order chi connectivity index (χ1) is 34.4. The molecule has 1 fully saturated rings. The number of fused-ring (bicyclic) bond motifs is 1. The van der Waals surface area contributed by atoms with Crippen molar-refractivity contribution in [1.82, 2.24) is 10.3 Å². The maximum absolute atomic E-state index is 12.1. The number of ether oxygens (including phenoxy) is 4. The van der Waals surface area contributed by atoms with Crippen LogP contribution in [0.2, 0.25) is 0 Å². The number of carboxylic acids is 1. The second-order valence-corrected chi connectivity index (χ2v) is 18.0. The summed E-state index contributed by atoms with van der Waals surface area (Å²) in [5.41, 5.74) is 5.32. The number of anilines is 2. The predicted molar refractivity (Wildman–Crippen MR) is 281 cm³/mol. The number of benzene rings is 4. The Morgan fingerprint density at radius 3 is 2.24 bits per heavy atom. The number of phenolic OH excluding ortho intramolecular Hbond substituents is 1. The molecule has 382 valence electrons. The molecule has 0 bridgehead atoms. The molecule has 14 heteroatoms. The molecule has 0 spiro atoms. The summed E-state index contributed by atoms with van der Waals surface area (Å²) in [5.74, 6) is 3.04. The molecule has 1 saturated carbocycles. The van der Waals surface area contributed by atoms with Crippen LogP contribution in [-0.4, -0.2) is 103 Å². The Bertz CT molecular complexity index is 2510. The summed E-state index contributed by atoms with van der Waals surface area (Å²) >= 11 is 0. The van der Waals surface area contributed by atoms with Gasteiger partial charge in [-0.3, -0.25) is 19.6 Å². The number of amidine groups is 1. The van der Waals surface area contributed by atoms with Crippen LogP contribution in [0.25, 0.3) is 10.8 Å². The molecule has 0 saturated heterocycles. The molecular formula is C57H74N4O10. The third kappa shape index (κ3) is 17.0. The minimum Gasteiger partial charge on any atom is -0.508 e. The van der Waals surface area contributed by atoms with Crippen LogP contribution >= 0.6 is 0 Å². The van der Waals surface area contributed by atoms with E-state index >= 15 is 0 Å². The average molecular weight is 975 g/mol. The van der Waals surface area contributed by atoms with Gasteiger partial charge in [-0.1, -0.05) is 87.4 Å². The van der Waals surface area contributed by atoms with Crippen molar-refractivity contribution in [2.45, 2.75) is 103 Å². The minimum absolute atomic E-state index is 0.105. The molecule has 5 N–H and O–H groups in total. The first kappa shape index (κ1) is 55.3. The van der Waals surface area contributed by atoms with Crippen LogP contribution in [0, 0.1) is 18.8 Å². The number of unbranched alkanes of at least 4 members (excludes halogenated alkanes) is 5. The quantitative estimate of drug-likeness (QED) is 0.0307. The number of Topliss-reactive ketones (excluding diaryl/α,β-unsaturated/α-hetero) is 1. The summed E-state index contributed by atoms with van der Waals surface area (Å²) < 4.78 is 21.5. The molecule has 4 atom stereocenters. The van der Waals surface area contributed by atoms with Gasteiger partial charge in [0.25, 0.3) is 0 Å². The Morgan fingerprint density at radius 1 is 0.845 bits per heavy atom. The van der Waals surface area contributed by atoms with Crippen LogP contribution in [0.4, 0.5) is 11.4 Å². The summed E-state index contributed by atoms with van der Waals surface area (Å²) in [5, 5.41) is 43.9. The molecule has 0 unspecified atom stereocenters. The van der Waals surface area contributed by atoms with Gasteiger partial charge in [-0.15, -0.1) is 0 Å². The largest absolute Gasteiger partial charge is 0.508 e. The molecule has 1 aromatic heterocycles. The molecule has 2 heterocycles. The zero-order valence-corrected chi connectivity index (χ0v) is 42.3. The lowest BCUT2D eigenvalue weighted by Gasteiger charge is -2.25. The van der Waals surface area contributed by atoms with Crippen molar-refractivity contribution < 1.29 is 49.0 Å². The molecular weight excluding hydrogens is 901 g/mol. The van der Waals surface area contributed by atoms with E-state index in [-0.39, 0.29) is 36.2 Å². The van der Waals surface area contributed by atoms with Gasteiger partial charge in [0.05, 0.1) is 59.4 Å². The van der Waals surface area contributed by atoms with E-state index in [1.165, 1.54) is 5.56 Å². The molecule has 5 aromatic rings. The van der Waals surface area contributed by atoms with E-state index in [0.717, 1.165) is 104 Å². The Balaban J connectivity index is 0.000000199. The van der Waals surface area contributed by atoms with Crippen LogP contribution in [0.5, 0.6) is 28.7 Å². The number of carbonyl (C=O) groups excluding carboxylic acids is 1. The number of methoxy groups -OCH3 is 4. The van der Waals surface area contributed by atoms with E-state index in [9.17, 15) is 24.9 Å². The van der Waals surface area contributed by atoms with Gasteiger partial charge in [-0.25, -0.2) is 0 Å². The summed E-state index contributed by atoms with van der Waals surface area (Å²) in [4.78, 5) is 33.8. The second-order valence-electron chi connectivity index (χ2n) is 18.0. The van der Waals surface area contributed by atoms with Crippen molar-refractivity contribution in [3.8, 4) is 28.7 Å². The monoisotopic (exact) mass is 975 g/mol. The summed E-state index contributed by atoms with van der Waals surface area (Å²) in [6.45, 7) is 6.60. The van der Waals surface area contributed by atoms with Gasteiger partial charge in [0.1, 0.15) is 17.4 Å². The SMILES string of the molecule is CCCCC[C@H](O)/C=C/[C@H]1[C@H](O)CC(=O)[C@@H]1CCCCCCC(=O)O.COc1ccc(Cc2nccc3cc(OC)c(OC)cc23)cc1OC.Cc1ccc(N(CC2=NCCN2)c2cccc(O)c2)cc1. The van der Waals surface area contributed by atoms with Crippen LogP contribution in [0.15, 0.2) is 108 Å². The van der Waals surface area contributed by atoms with Crippen molar-refractivity contribution in [3.63, 3.8) is 0 Å². The van der Waals surface area contributed by atoms with Gasteiger partial charge < -0.3 is 49.6 Å². The van der Waals surface area contributed by atoms with E-state index in [0.29, 0.717) is 42.4 Å². The molecule has 1 aliphatic carbocycles. The van der Waals surface area contributed by atoms with Crippen molar-refractivity contribution in [3.05, 3.63) is 120 Å². The number of pyridine rings is 1. The number of aromatic hydroxyl groups is 1. The number of aliphatic carboxylic acids is 1. The van der Waals surface area contributed by atoms with Crippen LogP contribution in [-0.2, 0) is 16.0 Å². The van der Waals surface area contributed by atoms with Crippen molar-refractivity contribution in [2.75, 3.05) is 53.0 Å². The number of phenols is 1. The summed E-state index contributed by atoms with van der Waals surface area (Å²) in [6, 6.07) is 27.5. The standard InChI is InChI=1S/C20H21NO4.C20H34O5.C17H19N3O/c1-22-17-6-5-13(10-18(17)23-2)9-16-15-12-20(25-4)19(24-3)11-14(15)7-8-21-16;1-2-3-6-9-15(21)12-13-17-16(18(22)14-19(17)23)10-7-4-5-8-11-20(24)25;1-13-5-7-14(8-6-13)20(12-17-18-9-10-19-17)15-3-2-4-16(21)11-15/h5-8,10-12H,9H2,1-4H3;12-13,15-17,19,21,23H,2-11,14H2,1H3,(H,24,25);2-8,11,21H,9-10,12H2,1H3,(H,18,19)/b;13-12+;/t;15-,16+,17+,19+;/m.0./s1. The molecule has 14 nitrogen and oxygen atoms in total. The minimum atomic E-state index is -0.767. The van der Waals surface area contributed by atoms with E-state index in [2.05, 4.69) is 58.3 Å². The number of aliphatic hydroxyl groups excluding tert-OH is 2. The number of carbonyl (C=O) groups is 2. The van der Waals surface area contributed by atoms with Crippen LogP contribution in [0.1, 0.15) is 94.4 Å².